The van der Waals surface area contributed by atoms with E-state index in [1.54, 1.807) is 34.1 Å². The zero-order valence-electron chi connectivity index (χ0n) is 23.5. The lowest BCUT2D eigenvalue weighted by Crippen LogP contribution is -2.65. The minimum Gasteiger partial charge on any atom is -0.350 e. The van der Waals surface area contributed by atoms with E-state index in [-0.39, 0.29) is 36.5 Å². The summed E-state index contributed by atoms with van der Waals surface area (Å²) in [7, 11) is 0. The van der Waals surface area contributed by atoms with E-state index in [9.17, 15) is 19.2 Å². The average molecular weight is 541 g/mol. The Balaban J connectivity index is 1.78. The van der Waals surface area contributed by atoms with E-state index < -0.39 is 5.54 Å². The lowest BCUT2D eigenvalue weighted by molar-refractivity contribution is -0.135. The number of nitrogens with zero attached hydrogens (tertiary/aromatic N) is 2. The van der Waals surface area contributed by atoms with Crippen molar-refractivity contribution in [1.29, 1.82) is 0 Å². The van der Waals surface area contributed by atoms with Crippen LogP contribution in [-0.2, 0) is 20.9 Å². The number of aryl methyl sites for hydroxylation is 2. The van der Waals surface area contributed by atoms with Crippen LogP contribution < -0.4 is 15.5 Å². The number of likely N-dealkylation sites (tertiary alicyclic amines) is 1. The third-order valence-corrected chi connectivity index (χ3v) is 7.59. The van der Waals surface area contributed by atoms with Crippen LogP contribution in [0.4, 0.5) is 11.4 Å². The van der Waals surface area contributed by atoms with Crippen LogP contribution >= 0.6 is 0 Å². The summed E-state index contributed by atoms with van der Waals surface area (Å²) >= 11 is 0. The molecule has 3 aromatic rings. The van der Waals surface area contributed by atoms with Crippen LogP contribution in [0.15, 0.2) is 72.8 Å². The molecule has 4 amide bonds. The summed E-state index contributed by atoms with van der Waals surface area (Å²) in [6.45, 7) is 7.94. The van der Waals surface area contributed by atoms with E-state index in [4.69, 9.17) is 0 Å². The number of carbonyl (C=O) groups excluding carboxylic acids is 4. The number of rotatable bonds is 7. The van der Waals surface area contributed by atoms with Gasteiger partial charge in [0.05, 0.1) is 0 Å². The van der Waals surface area contributed by atoms with E-state index in [0.717, 1.165) is 16.7 Å². The summed E-state index contributed by atoms with van der Waals surface area (Å²) in [5, 5.41) is 5.80. The first-order valence-corrected chi connectivity index (χ1v) is 13.5. The number of hydrogen-bond acceptors (Lipinski definition) is 4. The van der Waals surface area contributed by atoms with Crippen molar-refractivity contribution >= 4 is 35.0 Å². The van der Waals surface area contributed by atoms with Gasteiger partial charge in [-0.2, -0.15) is 0 Å². The zero-order valence-corrected chi connectivity index (χ0v) is 23.5. The fraction of sp³-hybridized carbons (Fsp3) is 0.312. The minimum atomic E-state index is -1.23. The standard InChI is InChI=1S/C32H36N4O4/c1-22-10-15-29(20-23(22)2)36(30(39)27-11-13-28(14-12-27)34-24(3)37)32(16-18-35(19-17-32)25(4)38)31(40)33-21-26-8-6-5-7-9-26/h5-15,20H,16-19,21H2,1-4H3,(H,33,40)(H,34,37). The Morgan fingerprint density at radius 3 is 2.08 bits per heavy atom. The Labute approximate surface area is 235 Å². The van der Waals surface area contributed by atoms with Crippen molar-refractivity contribution in [3.8, 4) is 0 Å². The fourth-order valence-corrected chi connectivity index (χ4v) is 5.14. The second kappa shape index (κ2) is 12.2. The first kappa shape index (κ1) is 28.5. The highest BCUT2D eigenvalue weighted by Gasteiger charge is 2.49. The maximum atomic E-state index is 14.4. The zero-order chi connectivity index (χ0) is 28.9. The number of nitrogens with one attached hydrogen (secondary N) is 2. The quantitative estimate of drug-likeness (QED) is 0.457. The fourth-order valence-electron chi connectivity index (χ4n) is 5.14. The van der Waals surface area contributed by atoms with Gasteiger partial charge in [-0.1, -0.05) is 36.4 Å². The van der Waals surface area contributed by atoms with Crippen molar-refractivity contribution in [2.24, 2.45) is 0 Å². The highest BCUT2D eigenvalue weighted by Crippen LogP contribution is 2.36. The molecular weight excluding hydrogens is 504 g/mol. The highest BCUT2D eigenvalue weighted by molar-refractivity contribution is 6.12. The van der Waals surface area contributed by atoms with Gasteiger partial charge in [0.25, 0.3) is 5.91 Å². The smallest absolute Gasteiger partial charge is 0.259 e. The molecule has 0 atom stereocenters. The number of hydrogen-bond donors (Lipinski definition) is 2. The maximum Gasteiger partial charge on any atom is 0.259 e. The molecular formula is C32H36N4O4. The highest BCUT2D eigenvalue weighted by atomic mass is 16.2. The van der Waals surface area contributed by atoms with Crippen LogP contribution in [0.5, 0.6) is 0 Å². The van der Waals surface area contributed by atoms with Gasteiger partial charge in [0, 0.05) is 50.4 Å². The second-order valence-electron chi connectivity index (χ2n) is 10.4. The summed E-state index contributed by atoms with van der Waals surface area (Å²) in [5.41, 5.74) is 3.37. The number of carbonyl (C=O) groups is 4. The largest absolute Gasteiger partial charge is 0.350 e. The first-order chi connectivity index (χ1) is 19.1. The molecule has 0 unspecified atom stereocenters. The Kier molecular flexibility index (Phi) is 8.67. The van der Waals surface area contributed by atoms with Crippen LogP contribution in [-0.4, -0.2) is 47.2 Å². The molecule has 1 aliphatic heterocycles. The molecule has 0 bridgehead atoms. The molecule has 40 heavy (non-hydrogen) atoms. The maximum absolute atomic E-state index is 14.4. The summed E-state index contributed by atoms with van der Waals surface area (Å²) in [4.78, 5) is 55.6. The molecule has 4 rings (SSSR count). The molecule has 2 N–H and O–H groups in total. The molecule has 1 saturated heterocycles. The van der Waals surface area contributed by atoms with E-state index in [0.29, 0.717) is 36.6 Å². The molecule has 8 heteroatoms. The van der Waals surface area contributed by atoms with Crippen LogP contribution in [0, 0.1) is 13.8 Å². The Hall–Kier alpha value is -4.46. The molecule has 1 heterocycles. The van der Waals surface area contributed by atoms with Gasteiger partial charge in [-0.05, 0) is 79.8 Å². The van der Waals surface area contributed by atoms with Crippen LogP contribution in [0.25, 0.3) is 0 Å². The average Bonchev–Trinajstić information content (AvgIpc) is 2.94. The molecule has 0 aliphatic carbocycles. The van der Waals surface area contributed by atoms with Gasteiger partial charge >= 0.3 is 0 Å². The SMILES string of the molecule is CC(=O)Nc1ccc(C(=O)N(c2ccc(C)c(C)c2)C2(C(=O)NCc3ccccc3)CCN(C(C)=O)CC2)cc1. The van der Waals surface area contributed by atoms with Gasteiger partial charge in [-0.15, -0.1) is 0 Å². The third-order valence-electron chi connectivity index (χ3n) is 7.59. The Bertz CT molecular complexity index is 1390. The molecule has 3 aromatic carbocycles. The van der Waals surface area contributed by atoms with Crippen molar-refractivity contribution in [3.63, 3.8) is 0 Å². The summed E-state index contributed by atoms with van der Waals surface area (Å²) < 4.78 is 0. The van der Waals surface area contributed by atoms with Crippen LogP contribution in [0.1, 0.15) is 53.7 Å². The van der Waals surface area contributed by atoms with Gasteiger partial charge in [0.2, 0.25) is 17.7 Å². The van der Waals surface area contributed by atoms with Crippen molar-refractivity contribution in [1.82, 2.24) is 10.2 Å². The number of amides is 4. The monoisotopic (exact) mass is 540 g/mol. The number of anilines is 2. The number of piperidine rings is 1. The molecule has 0 radical (unpaired) electrons. The van der Waals surface area contributed by atoms with E-state index in [1.807, 2.05) is 62.4 Å². The topological polar surface area (TPSA) is 98.8 Å². The molecule has 0 saturated carbocycles. The van der Waals surface area contributed by atoms with Gasteiger partial charge in [-0.3, -0.25) is 24.1 Å². The van der Waals surface area contributed by atoms with Crippen molar-refractivity contribution < 1.29 is 19.2 Å². The lowest BCUT2D eigenvalue weighted by Gasteiger charge is -2.47. The molecule has 208 valence electrons. The van der Waals surface area contributed by atoms with Gasteiger partial charge < -0.3 is 15.5 Å². The summed E-state index contributed by atoms with van der Waals surface area (Å²) in [5.74, 6) is -0.859. The van der Waals surface area contributed by atoms with Gasteiger partial charge in [0.15, 0.2) is 0 Å². The summed E-state index contributed by atoms with van der Waals surface area (Å²) in [6, 6.07) is 22.0. The lowest BCUT2D eigenvalue weighted by atomic mass is 9.83. The van der Waals surface area contributed by atoms with Crippen molar-refractivity contribution in [2.45, 2.75) is 52.6 Å². The number of benzene rings is 3. The molecule has 1 aliphatic rings. The van der Waals surface area contributed by atoms with Crippen LogP contribution in [0.3, 0.4) is 0 Å². The normalized spacial score (nSPS) is 14.2. The van der Waals surface area contributed by atoms with Crippen molar-refractivity contribution in [2.75, 3.05) is 23.3 Å². The molecule has 1 fully saturated rings. The van der Waals surface area contributed by atoms with E-state index >= 15 is 0 Å². The molecule has 0 aromatic heterocycles. The van der Waals surface area contributed by atoms with Crippen LogP contribution in [0.2, 0.25) is 0 Å². The van der Waals surface area contributed by atoms with E-state index in [1.165, 1.54) is 13.8 Å². The Morgan fingerprint density at radius 1 is 0.850 bits per heavy atom. The predicted molar refractivity (Wildman–Crippen MR) is 156 cm³/mol. The molecule has 0 spiro atoms. The molecule has 8 nitrogen and oxygen atoms in total. The van der Waals surface area contributed by atoms with Crippen molar-refractivity contribution in [3.05, 3.63) is 95.1 Å². The third kappa shape index (κ3) is 6.22. The minimum absolute atomic E-state index is 0.0593. The Morgan fingerprint density at radius 2 is 1.50 bits per heavy atom. The second-order valence-corrected chi connectivity index (χ2v) is 10.4. The van der Waals surface area contributed by atoms with Gasteiger partial charge in [0.1, 0.15) is 5.54 Å². The van der Waals surface area contributed by atoms with E-state index in [2.05, 4.69) is 10.6 Å². The summed E-state index contributed by atoms with van der Waals surface area (Å²) in [6.07, 6.45) is 0.575. The first-order valence-electron chi connectivity index (χ1n) is 13.5. The predicted octanol–water partition coefficient (Wildman–Crippen LogP) is 4.61. The van der Waals surface area contributed by atoms with Gasteiger partial charge in [-0.25, -0.2) is 0 Å².